The zero-order chi connectivity index (χ0) is 40.1. The van der Waals surface area contributed by atoms with Crippen molar-refractivity contribution in [2.45, 2.75) is 159 Å². The molecule has 0 saturated carbocycles. The fraction of sp³-hybridized carbons (Fsp3) is 1.00. The zero-order valence-corrected chi connectivity index (χ0v) is 43.7. The molecule has 53 heavy (non-hydrogen) atoms. The molecule has 0 aromatic heterocycles. The first-order valence-corrected chi connectivity index (χ1v) is 35.8. The molecule has 4 aliphatic heterocycles. The summed E-state index contributed by atoms with van der Waals surface area (Å²) in [6.45, 7) is 33.2. The largest absolute Gasteiger partial charge is 0.483 e. The van der Waals surface area contributed by atoms with Gasteiger partial charge in [0, 0.05) is 48.4 Å². The molecule has 0 aromatic rings. The minimum Gasteiger partial charge on any atom is -0.391 e. The average molecular weight is 892 g/mol. The van der Waals surface area contributed by atoms with E-state index in [-0.39, 0.29) is 59.4 Å². The molecule has 312 valence electrons. The molecule has 0 radical (unpaired) electrons. The van der Waals surface area contributed by atoms with Crippen LogP contribution in [0.5, 0.6) is 0 Å². The van der Waals surface area contributed by atoms with E-state index >= 15 is 0 Å². The van der Waals surface area contributed by atoms with Crippen LogP contribution in [0, 0.1) is 47.3 Å². The highest BCUT2D eigenvalue weighted by molar-refractivity contribution is 7.00. The minimum atomic E-state index is -4.26. The number of fused-ring (bicyclic) bond motifs is 4. The topological polar surface area (TPSA) is 142 Å². The summed E-state index contributed by atoms with van der Waals surface area (Å²) < 4.78 is 82.0. The van der Waals surface area contributed by atoms with Gasteiger partial charge < -0.3 is 54.9 Å². The maximum absolute atomic E-state index is 13.0. The molecule has 2 N–H and O–H groups in total. The second-order valence-electron chi connectivity index (χ2n) is 19.4. The molecule has 8 atom stereocenters. The summed E-state index contributed by atoms with van der Waals surface area (Å²) in [5.41, 5.74) is 0. The van der Waals surface area contributed by atoms with Crippen molar-refractivity contribution in [1.82, 2.24) is 0 Å². The molecule has 13 nitrogen and oxygen atoms in total. The number of hydrogen-bond donors (Lipinski definition) is 2. The summed E-state index contributed by atoms with van der Waals surface area (Å²) in [7, 11) is -33.2. The summed E-state index contributed by atoms with van der Waals surface area (Å²) in [4.78, 5) is 26.0. The molecular weight excluding hydrogens is 817 g/mol. The molecule has 0 aromatic carbocycles. The van der Waals surface area contributed by atoms with Crippen molar-refractivity contribution in [3.05, 3.63) is 0 Å². The molecule has 4 aliphatic rings. The van der Waals surface area contributed by atoms with Crippen LogP contribution in [0.25, 0.3) is 0 Å². The molecule has 21 heteroatoms. The van der Waals surface area contributed by atoms with Crippen LogP contribution in [0.2, 0.25) is 48.4 Å². The van der Waals surface area contributed by atoms with E-state index in [0.717, 1.165) is 0 Å². The van der Waals surface area contributed by atoms with Gasteiger partial charge in [0.2, 0.25) is 0 Å². The minimum absolute atomic E-state index is 0.00445. The highest BCUT2D eigenvalue weighted by Crippen LogP contribution is 2.52. The normalized spacial score (nSPS) is 40.9. The van der Waals surface area contributed by atoms with Gasteiger partial charge >= 0.3 is 70.4 Å². The van der Waals surface area contributed by atoms with Crippen molar-refractivity contribution < 1.29 is 54.9 Å². The van der Waals surface area contributed by atoms with Crippen molar-refractivity contribution in [2.75, 3.05) is 0 Å². The summed E-state index contributed by atoms with van der Waals surface area (Å²) in [5, 5.41) is 0. The van der Waals surface area contributed by atoms with Crippen LogP contribution in [-0.2, 0) is 45.3 Å². The van der Waals surface area contributed by atoms with Crippen LogP contribution in [-0.4, -0.2) is 80.0 Å². The summed E-state index contributed by atoms with van der Waals surface area (Å²) in [6.07, 6.45) is 0. The predicted octanol–water partition coefficient (Wildman–Crippen LogP) is 7.97. The molecular formula is C32H74O13Si8. The van der Waals surface area contributed by atoms with Gasteiger partial charge in [0.05, 0.1) is 0 Å². The van der Waals surface area contributed by atoms with Gasteiger partial charge in [0.1, 0.15) is 0 Å². The van der Waals surface area contributed by atoms with Crippen molar-refractivity contribution in [3.63, 3.8) is 0 Å². The highest BCUT2D eigenvalue weighted by Gasteiger charge is 2.80. The van der Waals surface area contributed by atoms with Crippen molar-refractivity contribution >= 4 is 70.4 Å². The molecule has 0 aliphatic carbocycles. The average Bonchev–Trinajstić information content (AvgIpc) is 2.80. The van der Waals surface area contributed by atoms with Crippen LogP contribution in [0.3, 0.4) is 0 Å². The fourth-order valence-electron chi connectivity index (χ4n) is 8.00. The SMILES string of the molecule is CC(C)C[Si]1(O)O[Si]2(CC(C)C)O[Si]3(CC(C)C)O[Si](O)(CC(C)C)O[Si@]4(CC(C)C)O[Si](CC(C)C)(O3)O[Si](CC(C)C)(O2)O[Si@](CC(C)C)(O1)O4. The molecule has 4 heterocycles. The molecule has 4 rings (SSSR count). The van der Waals surface area contributed by atoms with Gasteiger partial charge in [0.25, 0.3) is 0 Å². The standard InChI is InChI=1S/C32H74O13Si8/c1-25(2)17-46(33)35-48(19-27(5)6)39-50(21-29(9)10)37-47(34,18-26(3)4)38-51(22-30(11)12)40-49(36-46,20-28(7)8)42-52(41-48,23-31(13)14)45-53(43-50,44-51)24-32(15)16/h25-34H,17-24H2,1-16H3/t46?,47?,48-,49?,50+,51?,52?,53?. The third kappa shape index (κ3) is 12.1. The van der Waals surface area contributed by atoms with E-state index in [9.17, 15) is 9.59 Å². The van der Waals surface area contributed by atoms with Gasteiger partial charge in [-0.1, -0.05) is 111 Å². The molecule has 6 bridgehead atoms. The van der Waals surface area contributed by atoms with Crippen molar-refractivity contribution in [2.24, 2.45) is 47.3 Å². The first kappa shape index (κ1) is 46.9. The lowest BCUT2D eigenvalue weighted by Gasteiger charge is -2.60. The Morgan fingerprint density at radius 1 is 0.245 bits per heavy atom. The number of rotatable bonds is 16. The van der Waals surface area contributed by atoms with Crippen LogP contribution >= 0.6 is 0 Å². The van der Waals surface area contributed by atoms with E-state index in [1.807, 2.05) is 27.7 Å². The van der Waals surface area contributed by atoms with Gasteiger partial charge in [-0.15, -0.1) is 0 Å². The first-order valence-electron chi connectivity index (χ1n) is 20.3. The Hall–Kier alpha value is 1.22. The zero-order valence-electron chi connectivity index (χ0n) is 35.7. The summed E-state index contributed by atoms with van der Waals surface area (Å²) in [5.74, 6) is 0.144. The molecule has 0 spiro atoms. The van der Waals surface area contributed by atoms with Crippen LogP contribution in [0.15, 0.2) is 0 Å². The molecule has 0 amide bonds. The second kappa shape index (κ2) is 17.1. The van der Waals surface area contributed by atoms with Gasteiger partial charge in [-0.3, -0.25) is 0 Å². The van der Waals surface area contributed by atoms with Gasteiger partial charge in [0.15, 0.2) is 0 Å². The third-order valence-electron chi connectivity index (χ3n) is 8.72. The van der Waals surface area contributed by atoms with E-state index in [1.54, 1.807) is 0 Å². The lowest BCUT2D eigenvalue weighted by molar-refractivity contribution is -0.0135. The molecule has 6 unspecified atom stereocenters. The van der Waals surface area contributed by atoms with Crippen LogP contribution in [0.4, 0.5) is 0 Å². The fourth-order valence-corrected chi connectivity index (χ4v) is 55.3. The van der Waals surface area contributed by atoms with Crippen molar-refractivity contribution in [1.29, 1.82) is 0 Å². The maximum atomic E-state index is 13.0. The molecule has 4 saturated heterocycles. The Labute approximate surface area is 330 Å². The Kier molecular flexibility index (Phi) is 15.1. The monoisotopic (exact) mass is 890 g/mol. The second-order valence-corrected chi connectivity index (χ2v) is 42.7. The quantitative estimate of drug-likeness (QED) is 0.145. The van der Waals surface area contributed by atoms with E-state index in [0.29, 0.717) is 36.3 Å². The Morgan fingerprint density at radius 2 is 0.377 bits per heavy atom. The first-order chi connectivity index (χ1) is 24.1. The highest BCUT2D eigenvalue weighted by atomic mass is 28.6. The molecule has 4 fully saturated rings. The number of hydrogen-bond acceptors (Lipinski definition) is 13. The smallest absolute Gasteiger partial charge is 0.391 e. The maximum Gasteiger partial charge on any atom is 0.483 e. The lowest BCUT2D eigenvalue weighted by atomic mass is 10.3. The van der Waals surface area contributed by atoms with Gasteiger partial charge in [-0.05, 0) is 47.3 Å². The van der Waals surface area contributed by atoms with Gasteiger partial charge in [-0.25, -0.2) is 0 Å². The van der Waals surface area contributed by atoms with Crippen LogP contribution < -0.4 is 0 Å². The summed E-state index contributed by atoms with van der Waals surface area (Å²) in [6, 6.07) is 2.54. The van der Waals surface area contributed by atoms with Gasteiger partial charge in [-0.2, -0.15) is 0 Å². The van der Waals surface area contributed by atoms with Crippen molar-refractivity contribution in [3.8, 4) is 0 Å². The Balaban J connectivity index is 2.25. The van der Waals surface area contributed by atoms with E-state index in [1.165, 1.54) is 0 Å². The van der Waals surface area contributed by atoms with Crippen LogP contribution in [0.1, 0.15) is 111 Å². The summed E-state index contributed by atoms with van der Waals surface area (Å²) >= 11 is 0. The van der Waals surface area contributed by atoms with E-state index in [2.05, 4.69) is 83.1 Å². The third-order valence-corrected chi connectivity index (χ3v) is 46.8. The Morgan fingerprint density at radius 3 is 0.509 bits per heavy atom. The van der Waals surface area contributed by atoms with E-state index in [4.69, 9.17) is 45.3 Å². The predicted molar refractivity (Wildman–Crippen MR) is 220 cm³/mol. The van der Waals surface area contributed by atoms with E-state index < -0.39 is 70.4 Å². The lowest BCUT2D eigenvalue weighted by Crippen LogP contribution is -2.85. The Bertz CT molecular complexity index is 1070.